The van der Waals surface area contributed by atoms with Crippen LogP contribution in [0.4, 0.5) is 5.82 Å². The normalized spacial score (nSPS) is 10.5. The van der Waals surface area contributed by atoms with Gasteiger partial charge in [0.2, 0.25) is 0 Å². The zero-order chi connectivity index (χ0) is 13.4. The first-order valence-electron chi connectivity index (χ1n) is 5.50. The van der Waals surface area contributed by atoms with Gasteiger partial charge in [0, 0.05) is 11.5 Å². The molecule has 92 valence electrons. The average molecular weight is 270 g/mol. The second-order valence-corrected chi connectivity index (χ2v) is 4.37. The van der Waals surface area contributed by atoms with Gasteiger partial charge in [-0.2, -0.15) is 5.26 Å². The summed E-state index contributed by atoms with van der Waals surface area (Å²) in [5.74, 6) is 0.740. The van der Waals surface area contributed by atoms with Crippen LogP contribution in [0.1, 0.15) is 5.56 Å². The van der Waals surface area contributed by atoms with Gasteiger partial charge in [-0.25, -0.2) is 9.67 Å². The number of halogens is 1. The van der Waals surface area contributed by atoms with Crippen LogP contribution in [0.5, 0.6) is 0 Å². The molecule has 0 amide bonds. The maximum Gasteiger partial charge on any atom is 0.164 e. The molecule has 0 atom stereocenters. The first-order valence-corrected chi connectivity index (χ1v) is 5.88. The van der Waals surface area contributed by atoms with E-state index in [1.54, 1.807) is 12.3 Å². The number of aromatic nitrogens is 3. The van der Waals surface area contributed by atoms with Gasteiger partial charge in [-0.1, -0.05) is 29.8 Å². The molecule has 0 fully saturated rings. The highest BCUT2D eigenvalue weighted by Gasteiger charge is 2.09. The molecule has 5 nitrogen and oxygen atoms in total. The molecule has 0 aliphatic carbocycles. The highest BCUT2D eigenvalue weighted by atomic mass is 35.5. The Labute approximate surface area is 113 Å². The van der Waals surface area contributed by atoms with Gasteiger partial charge in [-0.05, 0) is 6.07 Å². The molecule has 0 aliphatic heterocycles. The maximum atomic E-state index is 9.21. The Morgan fingerprint density at radius 2 is 2.11 bits per heavy atom. The summed E-state index contributed by atoms with van der Waals surface area (Å²) >= 11 is 5.87. The summed E-state index contributed by atoms with van der Waals surface area (Å²) in [4.78, 5) is 4.44. The second kappa shape index (κ2) is 4.26. The SMILES string of the molecule is N#Cc1cc(-n2cc(Cl)c(N)n2)nc2ccccc12. The van der Waals surface area contributed by atoms with Gasteiger partial charge in [0.25, 0.3) is 0 Å². The lowest BCUT2D eigenvalue weighted by atomic mass is 10.1. The van der Waals surface area contributed by atoms with Gasteiger partial charge in [0.05, 0.1) is 23.3 Å². The summed E-state index contributed by atoms with van der Waals surface area (Å²) < 4.78 is 1.46. The minimum absolute atomic E-state index is 0.232. The molecule has 2 aromatic heterocycles. The third kappa shape index (κ3) is 1.88. The average Bonchev–Trinajstić information content (AvgIpc) is 2.77. The Hall–Kier alpha value is -2.58. The van der Waals surface area contributed by atoms with Gasteiger partial charge in [-0.15, -0.1) is 5.10 Å². The molecular weight excluding hydrogens is 262 g/mol. The van der Waals surface area contributed by atoms with Crippen LogP contribution in [0, 0.1) is 11.3 Å². The van der Waals surface area contributed by atoms with Crippen LogP contribution in [-0.2, 0) is 0 Å². The first-order chi connectivity index (χ1) is 9.19. The highest BCUT2D eigenvalue weighted by molar-refractivity contribution is 6.32. The zero-order valence-electron chi connectivity index (χ0n) is 9.71. The molecule has 0 spiro atoms. The molecule has 3 rings (SSSR count). The Bertz CT molecular complexity index is 796. The van der Waals surface area contributed by atoms with Crippen LogP contribution >= 0.6 is 11.6 Å². The van der Waals surface area contributed by atoms with E-state index in [1.165, 1.54) is 4.68 Å². The third-order valence-corrected chi connectivity index (χ3v) is 3.04. The van der Waals surface area contributed by atoms with E-state index < -0.39 is 0 Å². The number of rotatable bonds is 1. The summed E-state index contributed by atoms with van der Waals surface area (Å²) in [5, 5.41) is 14.4. The van der Waals surface area contributed by atoms with Crippen LogP contribution in [0.2, 0.25) is 5.02 Å². The summed E-state index contributed by atoms with van der Waals surface area (Å²) in [6.07, 6.45) is 1.56. The Morgan fingerprint density at radius 3 is 2.79 bits per heavy atom. The molecule has 3 aromatic rings. The lowest BCUT2D eigenvalue weighted by Gasteiger charge is -2.04. The lowest BCUT2D eigenvalue weighted by Crippen LogP contribution is -2.00. The van der Waals surface area contributed by atoms with Gasteiger partial charge >= 0.3 is 0 Å². The van der Waals surface area contributed by atoms with E-state index in [0.717, 1.165) is 10.9 Å². The summed E-state index contributed by atoms with van der Waals surface area (Å²) in [6.45, 7) is 0. The van der Waals surface area contributed by atoms with Crippen molar-refractivity contribution in [2.24, 2.45) is 0 Å². The maximum absolute atomic E-state index is 9.21. The topological polar surface area (TPSA) is 80.5 Å². The van der Waals surface area contributed by atoms with Crippen molar-refractivity contribution in [3.63, 3.8) is 0 Å². The summed E-state index contributed by atoms with van der Waals surface area (Å²) in [7, 11) is 0. The number of fused-ring (bicyclic) bond motifs is 1. The molecule has 0 unspecified atom stereocenters. The van der Waals surface area contributed by atoms with Crippen molar-refractivity contribution in [3.05, 3.63) is 47.1 Å². The zero-order valence-corrected chi connectivity index (χ0v) is 10.5. The van der Waals surface area contributed by atoms with Crippen molar-refractivity contribution in [1.29, 1.82) is 5.26 Å². The van der Waals surface area contributed by atoms with Crippen LogP contribution in [-0.4, -0.2) is 14.8 Å². The van der Waals surface area contributed by atoms with E-state index in [0.29, 0.717) is 16.4 Å². The molecular formula is C13H8ClN5. The van der Waals surface area contributed by atoms with E-state index in [1.807, 2.05) is 24.3 Å². The molecule has 19 heavy (non-hydrogen) atoms. The molecule has 1 aromatic carbocycles. The van der Waals surface area contributed by atoms with Crippen LogP contribution in [0.3, 0.4) is 0 Å². The van der Waals surface area contributed by atoms with Crippen molar-refractivity contribution in [3.8, 4) is 11.9 Å². The summed E-state index contributed by atoms with van der Waals surface area (Å²) in [6, 6.07) is 11.2. The molecule has 2 N–H and O–H groups in total. The van der Waals surface area contributed by atoms with Crippen molar-refractivity contribution >= 4 is 28.3 Å². The smallest absolute Gasteiger partial charge is 0.164 e. The highest BCUT2D eigenvalue weighted by Crippen LogP contribution is 2.22. The Balaban J connectivity index is 2.28. The van der Waals surface area contributed by atoms with Crippen molar-refractivity contribution < 1.29 is 0 Å². The summed E-state index contributed by atoms with van der Waals surface area (Å²) in [5.41, 5.74) is 6.86. The van der Waals surface area contributed by atoms with E-state index in [2.05, 4.69) is 16.2 Å². The van der Waals surface area contributed by atoms with E-state index in [9.17, 15) is 5.26 Å². The first kappa shape index (κ1) is 11.5. The number of benzene rings is 1. The van der Waals surface area contributed by atoms with Gasteiger partial charge in [0.1, 0.15) is 5.02 Å². The quantitative estimate of drug-likeness (QED) is 0.736. The number of hydrogen-bond donors (Lipinski definition) is 1. The van der Waals surface area contributed by atoms with Crippen molar-refractivity contribution in [2.75, 3.05) is 5.73 Å². The molecule has 0 radical (unpaired) electrons. The van der Waals surface area contributed by atoms with Crippen molar-refractivity contribution in [2.45, 2.75) is 0 Å². The minimum atomic E-state index is 0.232. The Morgan fingerprint density at radius 1 is 1.32 bits per heavy atom. The van der Waals surface area contributed by atoms with Crippen LogP contribution in [0.25, 0.3) is 16.7 Å². The van der Waals surface area contributed by atoms with E-state index in [4.69, 9.17) is 17.3 Å². The predicted molar refractivity (Wildman–Crippen MR) is 73.0 cm³/mol. The number of nitrogen functional groups attached to an aromatic ring is 1. The third-order valence-electron chi connectivity index (χ3n) is 2.75. The second-order valence-electron chi connectivity index (χ2n) is 3.96. The predicted octanol–water partition coefficient (Wildman–Crippen LogP) is 2.53. The fourth-order valence-corrected chi connectivity index (χ4v) is 1.99. The lowest BCUT2D eigenvalue weighted by molar-refractivity contribution is 0.857. The van der Waals surface area contributed by atoms with Crippen molar-refractivity contribution in [1.82, 2.24) is 14.8 Å². The molecule has 0 saturated heterocycles. The molecule has 0 bridgehead atoms. The van der Waals surface area contributed by atoms with Crippen LogP contribution in [0.15, 0.2) is 36.5 Å². The molecule has 6 heteroatoms. The minimum Gasteiger partial charge on any atom is -0.381 e. The monoisotopic (exact) mass is 269 g/mol. The standard InChI is InChI=1S/C13H8ClN5/c14-10-7-19(18-13(10)16)12-5-8(6-15)9-3-1-2-4-11(9)17-12/h1-5,7H,(H2,16,18). The fourth-order valence-electron chi connectivity index (χ4n) is 1.85. The fraction of sp³-hybridized carbons (Fsp3) is 0. The largest absolute Gasteiger partial charge is 0.381 e. The number of para-hydroxylation sites is 1. The van der Waals surface area contributed by atoms with Gasteiger partial charge in [0.15, 0.2) is 11.6 Å². The number of nitrogens with two attached hydrogens (primary N) is 1. The number of pyridine rings is 1. The molecule has 2 heterocycles. The van der Waals surface area contributed by atoms with Crippen LogP contribution < -0.4 is 5.73 Å². The van der Waals surface area contributed by atoms with E-state index in [-0.39, 0.29) is 5.82 Å². The number of anilines is 1. The van der Waals surface area contributed by atoms with E-state index >= 15 is 0 Å². The van der Waals surface area contributed by atoms with Gasteiger partial charge in [-0.3, -0.25) is 0 Å². The Kier molecular flexibility index (Phi) is 2.58. The molecule has 0 saturated carbocycles. The van der Waals surface area contributed by atoms with Gasteiger partial charge < -0.3 is 5.73 Å². The number of nitriles is 1. The molecule has 0 aliphatic rings. The number of nitrogens with zero attached hydrogens (tertiary/aromatic N) is 4. The number of hydrogen-bond acceptors (Lipinski definition) is 4.